The summed E-state index contributed by atoms with van der Waals surface area (Å²) >= 11 is 0. The third-order valence-electron chi connectivity index (χ3n) is 2.88. The Hall–Kier alpha value is -2.96. The van der Waals surface area contributed by atoms with Crippen LogP contribution < -0.4 is 10.6 Å². The minimum Gasteiger partial charge on any atom is -0.355 e. The molecule has 2 aromatic heterocycles. The molecule has 0 fully saturated rings. The number of anilines is 2. The summed E-state index contributed by atoms with van der Waals surface area (Å²) in [5, 5.41) is 13.3. The zero-order valence-corrected chi connectivity index (χ0v) is 10.7. The molecule has 1 aromatic carbocycles. The van der Waals surface area contributed by atoms with E-state index in [1.54, 1.807) is 25.4 Å². The summed E-state index contributed by atoms with van der Waals surface area (Å²) in [6.07, 6.45) is 3.12. The van der Waals surface area contributed by atoms with E-state index in [4.69, 9.17) is 0 Å². The molecule has 0 atom stereocenters. The molecule has 0 aliphatic rings. The topological polar surface area (TPSA) is 95.6 Å². The number of fused-ring (bicyclic) bond motifs is 1. The van der Waals surface area contributed by atoms with Crippen LogP contribution in [0.1, 0.15) is 10.4 Å². The first-order chi connectivity index (χ1) is 9.78. The molecule has 2 heterocycles. The normalized spacial score (nSPS) is 10.4. The van der Waals surface area contributed by atoms with Crippen LogP contribution in [0, 0.1) is 0 Å². The van der Waals surface area contributed by atoms with Crippen LogP contribution in [0.25, 0.3) is 11.0 Å². The first-order valence-electron chi connectivity index (χ1n) is 6.01. The Morgan fingerprint density at radius 2 is 2.00 bits per heavy atom. The number of rotatable bonds is 3. The number of nitrogens with one attached hydrogen (secondary N) is 3. The van der Waals surface area contributed by atoms with Crippen molar-refractivity contribution in [3.05, 3.63) is 42.4 Å². The lowest BCUT2D eigenvalue weighted by Crippen LogP contribution is -2.17. The summed E-state index contributed by atoms with van der Waals surface area (Å²) in [7, 11) is 1.60. The maximum Gasteiger partial charge on any atom is 0.251 e. The smallest absolute Gasteiger partial charge is 0.251 e. The lowest BCUT2D eigenvalue weighted by Gasteiger charge is -2.06. The van der Waals surface area contributed by atoms with Gasteiger partial charge in [-0.05, 0) is 24.3 Å². The van der Waals surface area contributed by atoms with E-state index in [9.17, 15) is 4.79 Å². The van der Waals surface area contributed by atoms with Crippen LogP contribution in [-0.2, 0) is 0 Å². The third-order valence-corrected chi connectivity index (χ3v) is 2.88. The molecule has 7 nitrogen and oxygen atoms in total. The van der Waals surface area contributed by atoms with Gasteiger partial charge in [-0.1, -0.05) is 0 Å². The van der Waals surface area contributed by atoms with Gasteiger partial charge in [-0.15, -0.1) is 0 Å². The largest absolute Gasteiger partial charge is 0.355 e. The summed E-state index contributed by atoms with van der Waals surface area (Å²) in [6, 6.07) is 7.13. The van der Waals surface area contributed by atoms with Crippen molar-refractivity contribution in [3.8, 4) is 0 Å². The van der Waals surface area contributed by atoms with Crippen molar-refractivity contribution in [2.45, 2.75) is 0 Å². The average molecular weight is 268 g/mol. The van der Waals surface area contributed by atoms with E-state index in [2.05, 4.69) is 30.8 Å². The SMILES string of the molecule is CNC(=O)c1ccc(Nc2ncnc3[nH]ncc23)cc1. The van der Waals surface area contributed by atoms with Gasteiger partial charge in [0.1, 0.15) is 12.1 Å². The lowest BCUT2D eigenvalue weighted by atomic mass is 10.2. The molecule has 0 spiro atoms. The molecule has 3 rings (SSSR count). The van der Waals surface area contributed by atoms with Crippen LogP contribution in [-0.4, -0.2) is 33.1 Å². The highest BCUT2D eigenvalue weighted by atomic mass is 16.1. The standard InChI is InChI=1S/C13H12N6O/c1-14-13(20)8-2-4-9(5-3-8)18-11-10-6-17-19-12(10)16-7-15-11/h2-7H,1H3,(H,14,20)(H2,15,16,17,18,19). The Labute approximate surface area is 114 Å². The van der Waals surface area contributed by atoms with Crippen molar-refractivity contribution >= 4 is 28.4 Å². The molecular formula is C13H12N6O. The van der Waals surface area contributed by atoms with Crippen molar-refractivity contribution in [2.24, 2.45) is 0 Å². The zero-order chi connectivity index (χ0) is 13.9. The zero-order valence-electron chi connectivity index (χ0n) is 10.7. The summed E-state index contributed by atoms with van der Waals surface area (Å²) in [6.45, 7) is 0. The number of aromatic nitrogens is 4. The van der Waals surface area contributed by atoms with E-state index in [1.807, 2.05) is 12.1 Å². The molecule has 1 amide bonds. The van der Waals surface area contributed by atoms with Crippen molar-refractivity contribution in [2.75, 3.05) is 12.4 Å². The first-order valence-corrected chi connectivity index (χ1v) is 6.01. The number of benzene rings is 1. The van der Waals surface area contributed by atoms with E-state index >= 15 is 0 Å². The number of carbonyl (C=O) groups excluding carboxylic acids is 1. The van der Waals surface area contributed by atoms with Gasteiger partial charge in [-0.3, -0.25) is 9.89 Å². The maximum absolute atomic E-state index is 11.5. The van der Waals surface area contributed by atoms with E-state index < -0.39 is 0 Å². The minimum absolute atomic E-state index is 0.115. The fourth-order valence-corrected chi connectivity index (χ4v) is 1.85. The number of hydrogen-bond acceptors (Lipinski definition) is 5. The number of aromatic amines is 1. The lowest BCUT2D eigenvalue weighted by molar-refractivity contribution is 0.0963. The van der Waals surface area contributed by atoms with Gasteiger partial charge in [0, 0.05) is 18.3 Å². The van der Waals surface area contributed by atoms with Gasteiger partial charge in [0.05, 0.1) is 11.6 Å². The first kappa shape index (κ1) is 12.1. The molecule has 7 heteroatoms. The molecule has 0 aliphatic heterocycles. The summed E-state index contributed by atoms with van der Waals surface area (Å²) < 4.78 is 0. The molecule has 100 valence electrons. The summed E-state index contributed by atoms with van der Waals surface area (Å²) in [5.41, 5.74) is 2.11. The van der Waals surface area contributed by atoms with Crippen LogP contribution in [0.4, 0.5) is 11.5 Å². The van der Waals surface area contributed by atoms with E-state index in [0.717, 1.165) is 11.1 Å². The van der Waals surface area contributed by atoms with Crippen LogP contribution in [0.5, 0.6) is 0 Å². The van der Waals surface area contributed by atoms with Gasteiger partial charge >= 0.3 is 0 Å². The second kappa shape index (κ2) is 4.96. The molecular weight excluding hydrogens is 256 g/mol. The van der Waals surface area contributed by atoms with Gasteiger partial charge in [-0.25, -0.2) is 9.97 Å². The molecule has 0 bridgehead atoms. The number of carbonyl (C=O) groups is 1. The molecule has 20 heavy (non-hydrogen) atoms. The second-order valence-corrected chi connectivity index (χ2v) is 4.14. The Morgan fingerprint density at radius 1 is 1.20 bits per heavy atom. The van der Waals surface area contributed by atoms with Crippen LogP contribution in [0.15, 0.2) is 36.8 Å². The molecule has 0 radical (unpaired) electrons. The van der Waals surface area contributed by atoms with E-state index in [1.165, 1.54) is 6.33 Å². The van der Waals surface area contributed by atoms with Crippen molar-refractivity contribution in [1.82, 2.24) is 25.5 Å². The van der Waals surface area contributed by atoms with Gasteiger partial charge in [0.25, 0.3) is 5.91 Å². The predicted octanol–water partition coefficient (Wildman–Crippen LogP) is 1.46. The minimum atomic E-state index is -0.115. The summed E-state index contributed by atoms with van der Waals surface area (Å²) in [5.74, 6) is 0.548. The van der Waals surface area contributed by atoms with Crippen LogP contribution in [0.2, 0.25) is 0 Å². The van der Waals surface area contributed by atoms with E-state index in [-0.39, 0.29) is 5.91 Å². The fourth-order valence-electron chi connectivity index (χ4n) is 1.85. The van der Waals surface area contributed by atoms with Gasteiger partial charge in [0.2, 0.25) is 0 Å². The van der Waals surface area contributed by atoms with Gasteiger partial charge < -0.3 is 10.6 Å². The Morgan fingerprint density at radius 3 is 2.75 bits per heavy atom. The maximum atomic E-state index is 11.5. The molecule has 3 aromatic rings. The molecule has 0 saturated carbocycles. The number of hydrogen-bond donors (Lipinski definition) is 3. The quantitative estimate of drug-likeness (QED) is 0.668. The number of nitrogens with zero attached hydrogens (tertiary/aromatic N) is 3. The Bertz CT molecular complexity index is 749. The predicted molar refractivity (Wildman–Crippen MR) is 74.8 cm³/mol. The van der Waals surface area contributed by atoms with E-state index in [0.29, 0.717) is 17.0 Å². The fraction of sp³-hybridized carbons (Fsp3) is 0.0769. The Kier molecular flexibility index (Phi) is 3.00. The van der Waals surface area contributed by atoms with Crippen molar-refractivity contribution in [3.63, 3.8) is 0 Å². The van der Waals surface area contributed by atoms with Crippen molar-refractivity contribution in [1.29, 1.82) is 0 Å². The van der Waals surface area contributed by atoms with Crippen molar-refractivity contribution < 1.29 is 4.79 Å². The third kappa shape index (κ3) is 2.16. The highest BCUT2D eigenvalue weighted by Gasteiger charge is 2.06. The van der Waals surface area contributed by atoms with Gasteiger partial charge in [-0.2, -0.15) is 5.10 Å². The number of H-pyrrole nitrogens is 1. The molecule has 0 saturated heterocycles. The average Bonchev–Trinajstić information content (AvgIpc) is 2.97. The number of amides is 1. The second-order valence-electron chi connectivity index (χ2n) is 4.14. The molecule has 0 aliphatic carbocycles. The Balaban J connectivity index is 1.88. The molecule has 0 unspecified atom stereocenters. The van der Waals surface area contributed by atoms with Crippen LogP contribution >= 0.6 is 0 Å². The summed E-state index contributed by atoms with van der Waals surface area (Å²) in [4.78, 5) is 19.7. The highest BCUT2D eigenvalue weighted by molar-refractivity contribution is 5.94. The monoisotopic (exact) mass is 268 g/mol. The molecule has 3 N–H and O–H groups in total. The van der Waals surface area contributed by atoms with Crippen LogP contribution in [0.3, 0.4) is 0 Å². The highest BCUT2D eigenvalue weighted by Crippen LogP contribution is 2.21. The van der Waals surface area contributed by atoms with Gasteiger partial charge in [0.15, 0.2) is 5.65 Å².